The first-order valence-electron chi connectivity index (χ1n) is 14.2. The van der Waals surface area contributed by atoms with Gasteiger partial charge in [-0.1, -0.05) is 98.1 Å². The van der Waals surface area contributed by atoms with Crippen molar-refractivity contribution in [1.29, 1.82) is 0 Å². The molecule has 202 valence electrons. The summed E-state index contributed by atoms with van der Waals surface area (Å²) in [6, 6.07) is 28.3. The summed E-state index contributed by atoms with van der Waals surface area (Å²) in [6.45, 7) is 3.96. The number of carbonyl (C=O) groups is 1. The summed E-state index contributed by atoms with van der Waals surface area (Å²) in [7, 11) is 4.12. The maximum absolute atomic E-state index is 13.3. The summed E-state index contributed by atoms with van der Waals surface area (Å²) in [6.07, 6.45) is 6.93. The monoisotopic (exact) mass is 512 g/mol. The lowest BCUT2D eigenvalue weighted by Gasteiger charge is -2.30. The van der Waals surface area contributed by atoms with E-state index in [2.05, 4.69) is 108 Å². The first-order valence-corrected chi connectivity index (χ1v) is 14.2. The van der Waals surface area contributed by atoms with Crippen molar-refractivity contribution in [2.45, 2.75) is 57.7 Å². The fourth-order valence-electron chi connectivity index (χ4n) is 5.14. The van der Waals surface area contributed by atoms with Crippen molar-refractivity contribution in [3.05, 3.63) is 95.6 Å². The lowest BCUT2D eigenvalue weighted by molar-refractivity contribution is 0.181. The molecule has 2 N–H and O–H groups in total. The second kappa shape index (κ2) is 14.7. The van der Waals surface area contributed by atoms with Crippen molar-refractivity contribution in [2.24, 2.45) is 0 Å². The van der Waals surface area contributed by atoms with Crippen molar-refractivity contribution < 1.29 is 4.79 Å². The van der Waals surface area contributed by atoms with Crippen LogP contribution in [0.5, 0.6) is 0 Å². The van der Waals surface area contributed by atoms with Gasteiger partial charge in [0.1, 0.15) is 0 Å². The fourth-order valence-corrected chi connectivity index (χ4v) is 5.14. The number of hydrogen-bond acceptors (Lipinski definition) is 3. The first-order chi connectivity index (χ1) is 18.6. The topological polar surface area (TPSA) is 47.6 Å². The van der Waals surface area contributed by atoms with Crippen LogP contribution in [-0.4, -0.2) is 55.6 Å². The Balaban J connectivity index is 1.38. The highest BCUT2D eigenvalue weighted by molar-refractivity contribution is 5.75. The molecule has 1 aliphatic carbocycles. The van der Waals surface area contributed by atoms with E-state index in [1.54, 1.807) is 0 Å². The Bertz CT molecular complexity index is 1110. The standard InChI is InChI=1S/C33H44N4O/c1-36(2)23-24-37(33(38)35-31-14-7-4-8-15-31)26-30-13-9-10-16-32(30)29-19-17-28(18-20-29)25-34-22-21-27-11-5-3-6-12-27/h3,5-6,9-13,16-20,31,34H,4,7-8,14-15,21-26H2,1-2H3,(H,35,38). The van der Waals surface area contributed by atoms with Gasteiger partial charge in [-0.3, -0.25) is 0 Å². The van der Waals surface area contributed by atoms with Crippen molar-refractivity contribution in [3.8, 4) is 11.1 Å². The summed E-state index contributed by atoms with van der Waals surface area (Å²) in [5, 5.41) is 6.89. The van der Waals surface area contributed by atoms with E-state index in [0.29, 0.717) is 19.1 Å². The summed E-state index contributed by atoms with van der Waals surface area (Å²) in [5.74, 6) is 0. The molecule has 2 amide bonds. The molecule has 1 saturated carbocycles. The number of benzene rings is 3. The molecule has 3 aromatic rings. The Labute approximate surface area is 229 Å². The molecule has 5 heteroatoms. The molecule has 1 aliphatic rings. The van der Waals surface area contributed by atoms with Crippen LogP contribution in [0.2, 0.25) is 0 Å². The van der Waals surface area contributed by atoms with Gasteiger partial charge in [0.25, 0.3) is 0 Å². The van der Waals surface area contributed by atoms with Gasteiger partial charge in [-0.15, -0.1) is 0 Å². The highest BCUT2D eigenvalue weighted by atomic mass is 16.2. The molecule has 0 spiro atoms. The minimum atomic E-state index is 0.0606. The third-order valence-corrected chi connectivity index (χ3v) is 7.44. The minimum Gasteiger partial charge on any atom is -0.335 e. The largest absolute Gasteiger partial charge is 0.335 e. The van der Waals surface area contributed by atoms with E-state index in [4.69, 9.17) is 0 Å². The molecular formula is C33H44N4O. The highest BCUT2D eigenvalue weighted by Gasteiger charge is 2.21. The molecule has 0 heterocycles. The first kappa shape index (κ1) is 27.9. The molecule has 0 aromatic heterocycles. The van der Waals surface area contributed by atoms with E-state index >= 15 is 0 Å². The van der Waals surface area contributed by atoms with Gasteiger partial charge in [0.2, 0.25) is 0 Å². The number of rotatable bonds is 12. The average Bonchev–Trinajstić information content (AvgIpc) is 2.95. The molecule has 5 nitrogen and oxygen atoms in total. The highest BCUT2D eigenvalue weighted by Crippen LogP contribution is 2.26. The van der Waals surface area contributed by atoms with Crippen molar-refractivity contribution >= 4 is 6.03 Å². The van der Waals surface area contributed by atoms with Gasteiger partial charge in [0, 0.05) is 32.2 Å². The Kier molecular flexibility index (Phi) is 10.8. The Morgan fingerprint density at radius 1 is 0.816 bits per heavy atom. The minimum absolute atomic E-state index is 0.0606. The number of nitrogens with zero attached hydrogens (tertiary/aromatic N) is 2. The van der Waals surface area contributed by atoms with Gasteiger partial charge in [-0.2, -0.15) is 0 Å². The van der Waals surface area contributed by atoms with Gasteiger partial charge >= 0.3 is 6.03 Å². The maximum Gasteiger partial charge on any atom is 0.317 e. The number of carbonyl (C=O) groups excluding carboxylic acids is 1. The predicted octanol–water partition coefficient (Wildman–Crippen LogP) is 6.09. The lowest BCUT2D eigenvalue weighted by atomic mass is 9.95. The third-order valence-electron chi connectivity index (χ3n) is 7.44. The molecule has 38 heavy (non-hydrogen) atoms. The van der Waals surface area contributed by atoms with E-state index in [0.717, 1.165) is 38.9 Å². The van der Waals surface area contributed by atoms with Crippen LogP contribution < -0.4 is 10.6 Å². The summed E-state index contributed by atoms with van der Waals surface area (Å²) in [5.41, 5.74) is 6.20. The average molecular weight is 513 g/mol. The molecule has 1 fully saturated rings. The van der Waals surface area contributed by atoms with Crippen LogP contribution >= 0.6 is 0 Å². The maximum atomic E-state index is 13.3. The number of nitrogens with one attached hydrogen (secondary N) is 2. The molecule has 0 saturated heterocycles. The SMILES string of the molecule is CN(C)CCN(Cc1ccccc1-c1ccc(CNCCc2ccccc2)cc1)C(=O)NC1CCCCC1. The molecule has 0 unspecified atom stereocenters. The zero-order valence-electron chi connectivity index (χ0n) is 23.2. The van der Waals surface area contributed by atoms with Crippen molar-refractivity contribution in [1.82, 2.24) is 20.4 Å². The van der Waals surface area contributed by atoms with Gasteiger partial charge in [0.05, 0.1) is 0 Å². The second-order valence-electron chi connectivity index (χ2n) is 10.8. The molecule has 0 radical (unpaired) electrons. The zero-order chi connectivity index (χ0) is 26.6. The fraction of sp³-hybridized carbons (Fsp3) is 0.424. The summed E-state index contributed by atoms with van der Waals surface area (Å²) in [4.78, 5) is 17.4. The van der Waals surface area contributed by atoms with Crippen LogP contribution in [0.3, 0.4) is 0 Å². The van der Waals surface area contributed by atoms with E-state index in [1.165, 1.54) is 47.1 Å². The normalized spacial score (nSPS) is 14.0. The number of likely N-dealkylation sites (N-methyl/N-ethyl adjacent to an activating group) is 1. The molecule has 3 aromatic carbocycles. The van der Waals surface area contributed by atoms with Crippen LogP contribution in [0, 0.1) is 0 Å². The van der Waals surface area contributed by atoms with E-state index in [9.17, 15) is 4.79 Å². The lowest BCUT2D eigenvalue weighted by Crippen LogP contribution is -2.47. The Morgan fingerprint density at radius 3 is 2.26 bits per heavy atom. The van der Waals surface area contributed by atoms with Crippen LogP contribution in [0.4, 0.5) is 4.79 Å². The molecule has 0 bridgehead atoms. The molecule has 0 atom stereocenters. The van der Waals surface area contributed by atoms with Gasteiger partial charge in [0.15, 0.2) is 0 Å². The Hall–Kier alpha value is -3.15. The third kappa shape index (κ3) is 8.71. The number of urea groups is 1. The van der Waals surface area contributed by atoms with Crippen LogP contribution in [0.25, 0.3) is 11.1 Å². The summed E-state index contributed by atoms with van der Waals surface area (Å²) >= 11 is 0. The van der Waals surface area contributed by atoms with E-state index in [1.807, 2.05) is 4.90 Å². The number of hydrogen-bond donors (Lipinski definition) is 2. The van der Waals surface area contributed by atoms with Crippen molar-refractivity contribution in [3.63, 3.8) is 0 Å². The smallest absolute Gasteiger partial charge is 0.317 e. The molecular weight excluding hydrogens is 468 g/mol. The Morgan fingerprint density at radius 2 is 1.53 bits per heavy atom. The van der Waals surface area contributed by atoms with E-state index in [-0.39, 0.29) is 6.03 Å². The molecule has 4 rings (SSSR count). The van der Waals surface area contributed by atoms with Crippen LogP contribution in [0.15, 0.2) is 78.9 Å². The van der Waals surface area contributed by atoms with Crippen LogP contribution in [-0.2, 0) is 19.5 Å². The number of amides is 2. The quantitative estimate of drug-likeness (QED) is 0.289. The van der Waals surface area contributed by atoms with Crippen molar-refractivity contribution in [2.75, 3.05) is 33.7 Å². The zero-order valence-corrected chi connectivity index (χ0v) is 23.2. The van der Waals surface area contributed by atoms with E-state index < -0.39 is 0 Å². The van der Waals surface area contributed by atoms with Gasteiger partial charge in [-0.25, -0.2) is 4.79 Å². The van der Waals surface area contributed by atoms with Crippen LogP contribution in [0.1, 0.15) is 48.8 Å². The van der Waals surface area contributed by atoms with Gasteiger partial charge in [-0.05, 0) is 67.7 Å². The predicted molar refractivity (Wildman–Crippen MR) is 158 cm³/mol. The second-order valence-corrected chi connectivity index (χ2v) is 10.8. The molecule has 0 aliphatic heterocycles. The van der Waals surface area contributed by atoms with Gasteiger partial charge < -0.3 is 20.4 Å². The summed E-state index contributed by atoms with van der Waals surface area (Å²) < 4.78 is 0.